The van der Waals surface area contributed by atoms with E-state index in [4.69, 9.17) is 0 Å². The van der Waals surface area contributed by atoms with Crippen LogP contribution in [0.1, 0.15) is 46.3 Å². The largest absolute Gasteiger partial charge is 0.338 e. The lowest BCUT2D eigenvalue weighted by Crippen LogP contribution is -2.37. The molecule has 6 nitrogen and oxygen atoms in total. The van der Waals surface area contributed by atoms with Crippen molar-refractivity contribution in [1.82, 2.24) is 15.2 Å². The van der Waals surface area contributed by atoms with Crippen molar-refractivity contribution in [1.29, 1.82) is 0 Å². The maximum Gasteiger partial charge on any atom is 0.263 e. The normalized spacial score (nSPS) is 21.1. The number of piperidine rings is 1. The Morgan fingerprint density at radius 2 is 2.08 bits per heavy atom. The van der Waals surface area contributed by atoms with Gasteiger partial charge in [-0.25, -0.2) is 4.98 Å². The maximum atomic E-state index is 12.7. The molecule has 0 spiro atoms. The summed E-state index contributed by atoms with van der Waals surface area (Å²) in [5.41, 5.74) is 0. The van der Waals surface area contributed by atoms with Gasteiger partial charge in [-0.05, 0) is 44.4 Å². The molecule has 26 heavy (non-hydrogen) atoms. The summed E-state index contributed by atoms with van der Waals surface area (Å²) in [7, 11) is 0. The first-order chi connectivity index (χ1) is 12.7. The molecule has 138 valence electrons. The molecule has 0 radical (unpaired) electrons. The number of likely N-dealkylation sites (tertiary alicyclic amines) is 1. The summed E-state index contributed by atoms with van der Waals surface area (Å²) in [6.45, 7) is 2.41. The van der Waals surface area contributed by atoms with Gasteiger partial charge in [-0.2, -0.15) is 0 Å². The molecule has 2 aromatic rings. The minimum Gasteiger partial charge on any atom is -0.338 e. The molecule has 0 aromatic carbocycles. The summed E-state index contributed by atoms with van der Waals surface area (Å²) in [6.07, 6.45) is 5.67. The Balaban J connectivity index is 1.32. The van der Waals surface area contributed by atoms with Gasteiger partial charge in [-0.1, -0.05) is 0 Å². The van der Waals surface area contributed by atoms with Crippen molar-refractivity contribution >= 4 is 39.5 Å². The molecule has 2 aliphatic rings. The number of amides is 2. The molecule has 2 aliphatic heterocycles. The predicted octanol–water partition coefficient (Wildman–Crippen LogP) is 2.91. The molecular weight excluding hydrogens is 368 g/mol. The van der Waals surface area contributed by atoms with Crippen LogP contribution in [-0.4, -0.2) is 47.4 Å². The van der Waals surface area contributed by atoms with Crippen LogP contribution in [0.5, 0.6) is 0 Å². The highest BCUT2D eigenvalue weighted by Crippen LogP contribution is 2.31. The first kappa shape index (κ1) is 17.6. The van der Waals surface area contributed by atoms with Crippen molar-refractivity contribution < 1.29 is 9.59 Å². The van der Waals surface area contributed by atoms with Gasteiger partial charge < -0.3 is 15.5 Å². The molecule has 2 saturated heterocycles. The highest BCUT2D eigenvalue weighted by atomic mass is 32.1. The number of nitrogens with one attached hydrogen (secondary N) is 2. The van der Waals surface area contributed by atoms with Crippen molar-refractivity contribution in [3.63, 3.8) is 0 Å². The van der Waals surface area contributed by atoms with Crippen LogP contribution < -0.4 is 10.6 Å². The van der Waals surface area contributed by atoms with Gasteiger partial charge in [-0.3, -0.25) is 9.59 Å². The summed E-state index contributed by atoms with van der Waals surface area (Å²) in [6, 6.07) is 3.53. The lowest BCUT2D eigenvalue weighted by molar-refractivity contribution is -0.117. The van der Waals surface area contributed by atoms with Crippen LogP contribution in [0.4, 0.5) is 5.00 Å². The fraction of sp³-hybridized carbons (Fsp3) is 0.500. The van der Waals surface area contributed by atoms with Gasteiger partial charge in [0, 0.05) is 30.6 Å². The second kappa shape index (κ2) is 7.85. The smallest absolute Gasteiger partial charge is 0.263 e. The Bertz CT molecular complexity index is 760. The Kier molecular flexibility index (Phi) is 5.33. The fourth-order valence-electron chi connectivity index (χ4n) is 3.56. The molecule has 0 saturated carbocycles. The van der Waals surface area contributed by atoms with Crippen molar-refractivity contribution in [2.75, 3.05) is 25.0 Å². The van der Waals surface area contributed by atoms with E-state index in [9.17, 15) is 9.59 Å². The summed E-state index contributed by atoms with van der Waals surface area (Å²) in [5.74, 6) is 0.524. The van der Waals surface area contributed by atoms with E-state index in [1.54, 1.807) is 11.3 Å². The molecule has 2 amide bonds. The van der Waals surface area contributed by atoms with Gasteiger partial charge >= 0.3 is 0 Å². The first-order valence-corrected chi connectivity index (χ1v) is 10.7. The molecule has 4 rings (SSSR count). The summed E-state index contributed by atoms with van der Waals surface area (Å²) in [5, 5.41) is 10.0. The molecule has 4 heterocycles. The van der Waals surface area contributed by atoms with E-state index < -0.39 is 0 Å². The molecule has 0 unspecified atom stereocenters. The number of carbonyl (C=O) groups is 2. The number of rotatable bonds is 4. The van der Waals surface area contributed by atoms with Crippen molar-refractivity contribution in [3.8, 4) is 0 Å². The minimum atomic E-state index is -0.110. The molecular formula is C18H22N4O2S2. The average Bonchev–Trinajstić information content (AvgIpc) is 3.43. The SMILES string of the molecule is O=C(Nc1ccc(C(=O)N2CCC(c3nccs3)CC2)s1)[C@@H]1CCCN1. The van der Waals surface area contributed by atoms with Crippen LogP contribution in [0.15, 0.2) is 23.7 Å². The monoisotopic (exact) mass is 390 g/mol. The molecule has 0 bridgehead atoms. The number of hydrogen-bond acceptors (Lipinski definition) is 6. The third-order valence-corrected chi connectivity index (χ3v) is 6.95. The fourth-order valence-corrected chi connectivity index (χ4v) is 5.25. The first-order valence-electron chi connectivity index (χ1n) is 9.03. The highest BCUT2D eigenvalue weighted by Gasteiger charge is 2.27. The Morgan fingerprint density at radius 3 is 2.77 bits per heavy atom. The summed E-state index contributed by atoms with van der Waals surface area (Å²) in [4.78, 5) is 31.9. The van der Waals surface area contributed by atoms with Crippen LogP contribution in [0.25, 0.3) is 0 Å². The lowest BCUT2D eigenvalue weighted by atomic mass is 9.97. The third kappa shape index (κ3) is 3.82. The van der Waals surface area contributed by atoms with Crippen molar-refractivity contribution in [3.05, 3.63) is 33.6 Å². The number of nitrogens with zero attached hydrogens (tertiary/aromatic N) is 2. The van der Waals surface area contributed by atoms with Crippen LogP contribution in [0.2, 0.25) is 0 Å². The number of carbonyl (C=O) groups excluding carboxylic acids is 2. The number of thiophene rings is 1. The van der Waals surface area contributed by atoms with E-state index in [2.05, 4.69) is 15.6 Å². The number of thiazole rings is 1. The molecule has 1 atom stereocenters. The zero-order valence-electron chi connectivity index (χ0n) is 14.4. The topological polar surface area (TPSA) is 74.3 Å². The summed E-state index contributed by atoms with van der Waals surface area (Å²) >= 11 is 3.06. The van der Waals surface area contributed by atoms with Crippen molar-refractivity contribution in [2.45, 2.75) is 37.6 Å². The van der Waals surface area contributed by atoms with E-state index >= 15 is 0 Å². The average molecular weight is 391 g/mol. The van der Waals surface area contributed by atoms with Gasteiger partial charge in [-0.15, -0.1) is 22.7 Å². The number of anilines is 1. The maximum absolute atomic E-state index is 12.7. The van der Waals surface area contributed by atoms with Crippen LogP contribution >= 0.6 is 22.7 Å². The molecule has 2 fully saturated rings. The second-order valence-corrected chi connectivity index (χ2v) is 8.75. The lowest BCUT2D eigenvalue weighted by Gasteiger charge is -2.30. The predicted molar refractivity (Wildman–Crippen MR) is 104 cm³/mol. The summed E-state index contributed by atoms with van der Waals surface area (Å²) < 4.78 is 0. The van der Waals surface area contributed by atoms with E-state index in [0.29, 0.717) is 10.8 Å². The molecule has 8 heteroatoms. The van der Waals surface area contributed by atoms with Gasteiger partial charge in [0.05, 0.1) is 20.9 Å². The molecule has 0 aliphatic carbocycles. The Morgan fingerprint density at radius 1 is 1.23 bits per heavy atom. The van der Waals surface area contributed by atoms with E-state index in [1.807, 2.05) is 28.6 Å². The van der Waals surface area contributed by atoms with Gasteiger partial charge in [0.15, 0.2) is 0 Å². The van der Waals surface area contributed by atoms with Crippen LogP contribution in [0, 0.1) is 0 Å². The Hall–Kier alpha value is -1.77. The minimum absolute atomic E-state index is 0.00684. The number of hydrogen-bond donors (Lipinski definition) is 2. The standard InChI is InChI=1S/C18H22N4O2S2/c23-16(13-2-1-7-19-13)21-15-4-3-14(26-15)18(24)22-9-5-12(6-10-22)17-20-8-11-25-17/h3-4,8,11-13,19H,1-2,5-7,9-10H2,(H,21,23)/t13-/m0/s1. The quantitative estimate of drug-likeness (QED) is 0.842. The van der Waals surface area contributed by atoms with E-state index in [-0.39, 0.29) is 17.9 Å². The highest BCUT2D eigenvalue weighted by molar-refractivity contribution is 7.18. The van der Waals surface area contributed by atoms with Crippen LogP contribution in [-0.2, 0) is 4.79 Å². The second-order valence-electron chi connectivity index (χ2n) is 6.74. The molecule has 2 N–H and O–H groups in total. The third-order valence-electron chi connectivity index (χ3n) is 5.02. The zero-order chi connectivity index (χ0) is 17.9. The van der Waals surface area contributed by atoms with Gasteiger partial charge in [0.1, 0.15) is 0 Å². The molecule has 2 aromatic heterocycles. The van der Waals surface area contributed by atoms with Gasteiger partial charge in [0.25, 0.3) is 5.91 Å². The van der Waals surface area contributed by atoms with E-state index in [0.717, 1.165) is 50.3 Å². The van der Waals surface area contributed by atoms with Crippen LogP contribution in [0.3, 0.4) is 0 Å². The zero-order valence-corrected chi connectivity index (χ0v) is 16.1. The Labute approximate surface area is 160 Å². The number of aromatic nitrogens is 1. The van der Waals surface area contributed by atoms with Gasteiger partial charge in [0.2, 0.25) is 5.91 Å². The van der Waals surface area contributed by atoms with E-state index in [1.165, 1.54) is 16.3 Å². The van der Waals surface area contributed by atoms with Crippen molar-refractivity contribution in [2.24, 2.45) is 0 Å².